The highest BCUT2D eigenvalue weighted by Crippen LogP contribution is 2.42. The third-order valence-electron chi connectivity index (χ3n) is 6.13. The van der Waals surface area contributed by atoms with Gasteiger partial charge >= 0.3 is 0 Å². The summed E-state index contributed by atoms with van der Waals surface area (Å²) in [4.78, 5) is 12.0. The van der Waals surface area contributed by atoms with Gasteiger partial charge in [0, 0.05) is 18.4 Å². The Morgan fingerprint density at radius 1 is 1.21 bits per heavy atom. The highest BCUT2D eigenvalue weighted by molar-refractivity contribution is 5.96. The molecule has 0 aromatic heterocycles. The van der Waals surface area contributed by atoms with Crippen molar-refractivity contribution in [2.75, 3.05) is 6.61 Å². The molecule has 1 aliphatic rings. The SMILES string of the molecule is CCOc1cccc([C@@H](C)CC2CC[C@H](c3ccc(C(=O)CCC#N)cc3)C2)c1. The van der Waals surface area contributed by atoms with Crippen LogP contribution < -0.4 is 4.74 Å². The van der Waals surface area contributed by atoms with Gasteiger partial charge in [0.25, 0.3) is 0 Å². The molecule has 0 bridgehead atoms. The predicted molar refractivity (Wildman–Crippen MR) is 116 cm³/mol. The van der Waals surface area contributed by atoms with Gasteiger partial charge in [-0.25, -0.2) is 0 Å². The zero-order valence-corrected chi connectivity index (χ0v) is 17.6. The van der Waals surface area contributed by atoms with Gasteiger partial charge < -0.3 is 4.74 Å². The van der Waals surface area contributed by atoms with Crippen molar-refractivity contribution < 1.29 is 9.53 Å². The standard InChI is InChI=1S/C26H31NO2/c1-3-29-25-7-4-6-23(18-25)19(2)16-20-9-10-24(17-20)21-11-13-22(14-12-21)26(28)8-5-15-27/h4,6-7,11-14,18-20,24H,3,5,8-10,16-17H2,1-2H3/t19-,20?,24-/m0/s1. The van der Waals surface area contributed by atoms with E-state index in [1.165, 1.54) is 36.8 Å². The van der Waals surface area contributed by atoms with Crippen LogP contribution in [0.15, 0.2) is 48.5 Å². The molecule has 0 N–H and O–H groups in total. The lowest BCUT2D eigenvalue weighted by Crippen LogP contribution is -2.04. The number of nitrogens with zero attached hydrogens (tertiary/aromatic N) is 1. The molecule has 1 saturated carbocycles. The quantitative estimate of drug-likeness (QED) is 0.451. The van der Waals surface area contributed by atoms with Gasteiger partial charge in [-0.15, -0.1) is 0 Å². The first kappa shape index (κ1) is 21.1. The maximum Gasteiger partial charge on any atom is 0.163 e. The van der Waals surface area contributed by atoms with Gasteiger partial charge in [-0.2, -0.15) is 5.26 Å². The first-order chi connectivity index (χ1) is 14.1. The summed E-state index contributed by atoms with van der Waals surface area (Å²) in [5.74, 6) is 2.88. The number of benzene rings is 2. The van der Waals surface area contributed by atoms with Gasteiger partial charge in [-0.1, -0.05) is 43.3 Å². The molecule has 0 aliphatic heterocycles. The van der Waals surface area contributed by atoms with Gasteiger partial charge in [0.2, 0.25) is 0 Å². The Labute approximate surface area is 174 Å². The van der Waals surface area contributed by atoms with Crippen LogP contribution >= 0.6 is 0 Å². The third-order valence-corrected chi connectivity index (χ3v) is 6.13. The Balaban J connectivity index is 1.55. The van der Waals surface area contributed by atoms with Crippen LogP contribution in [0.1, 0.15) is 85.7 Å². The first-order valence-electron chi connectivity index (χ1n) is 10.8. The Morgan fingerprint density at radius 2 is 2.00 bits per heavy atom. The second-order valence-electron chi connectivity index (χ2n) is 8.22. The topological polar surface area (TPSA) is 50.1 Å². The van der Waals surface area contributed by atoms with Gasteiger partial charge in [-0.05, 0) is 73.6 Å². The molecule has 1 fully saturated rings. The second-order valence-corrected chi connectivity index (χ2v) is 8.22. The molecule has 0 spiro atoms. The number of carbonyl (C=O) groups excluding carboxylic acids is 1. The molecule has 1 unspecified atom stereocenters. The van der Waals surface area contributed by atoms with Crippen LogP contribution in [-0.2, 0) is 0 Å². The highest BCUT2D eigenvalue weighted by Gasteiger charge is 2.27. The molecule has 0 heterocycles. The van der Waals surface area contributed by atoms with Crippen molar-refractivity contribution in [3.8, 4) is 11.8 Å². The van der Waals surface area contributed by atoms with E-state index in [2.05, 4.69) is 37.3 Å². The first-order valence-corrected chi connectivity index (χ1v) is 10.8. The lowest BCUT2D eigenvalue weighted by atomic mass is 9.88. The minimum Gasteiger partial charge on any atom is -0.494 e. The zero-order valence-electron chi connectivity index (χ0n) is 17.6. The summed E-state index contributed by atoms with van der Waals surface area (Å²) in [5, 5.41) is 8.64. The van der Waals surface area contributed by atoms with E-state index in [0.29, 0.717) is 24.9 Å². The maximum absolute atomic E-state index is 12.0. The zero-order chi connectivity index (χ0) is 20.6. The normalized spacial score (nSPS) is 19.5. The summed E-state index contributed by atoms with van der Waals surface area (Å²) in [5.41, 5.74) is 3.43. The molecule has 29 heavy (non-hydrogen) atoms. The van der Waals surface area contributed by atoms with Gasteiger partial charge in [-0.3, -0.25) is 4.79 Å². The number of nitriles is 1. The summed E-state index contributed by atoms with van der Waals surface area (Å²) < 4.78 is 5.65. The van der Waals surface area contributed by atoms with E-state index in [-0.39, 0.29) is 12.2 Å². The fraction of sp³-hybridized carbons (Fsp3) is 0.462. The van der Waals surface area contributed by atoms with Crippen molar-refractivity contribution in [2.45, 2.75) is 64.2 Å². The Kier molecular flexibility index (Phi) is 7.47. The number of ketones is 1. The van der Waals surface area contributed by atoms with Crippen molar-refractivity contribution >= 4 is 5.78 Å². The molecule has 3 nitrogen and oxygen atoms in total. The molecule has 0 amide bonds. The summed E-state index contributed by atoms with van der Waals surface area (Å²) in [7, 11) is 0. The Bertz CT molecular complexity index is 850. The fourth-order valence-corrected chi connectivity index (χ4v) is 4.56. The second kappa shape index (κ2) is 10.3. The van der Waals surface area contributed by atoms with Crippen molar-refractivity contribution in [2.24, 2.45) is 5.92 Å². The van der Waals surface area contributed by atoms with Gasteiger partial charge in [0.05, 0.1) is 12.7 Å². The van der Waals surface area contributed by atoms with Crippen molar-refractivity contribution in [1.82, 2.24) is 0 Å². The summed E-state index contributed by atoms with van der Waals surface area (Å²) in [6.45, 7) is 5.04. The Morgan fingerprint density at radius 3 is 2.72 bits per heavy atom. The van der Waals surface area contributed by atoms with Crippen LogP contribution in [0.5, 0.6) is 5.75 Å². The van der Waals surface area contributed by atoms with Crippen molar-refractivity contribution in [3.05, 3.63) is 65.2 Å². The summed E-state index contributed by atoms with van der Waals surface area (Å²) in [6.07, 6.45) is 5.51. The van der Waals surface area contributed by atoms with E-state index in [4.69, 9.17) is 10.00 Å². The van der Waals surface area contributed by atoms with Gasteiger partial charge in [0.15, 0.2) is 5.78 Å². The number of hydrogen-bond acceptors (Lipinski definition) is 3. The lowest BCUT2D eigenvalue weighted by molar-refractivity contribution is 0.0984. The number of ether oxygens (including phenoxy) is 1. The van der Waals surface area contributed by atoms with Crippen molar-refractivity contribution in [3.63, 3.8) is 0 Å². The predicted octanol–water partition coefficient (Wildman–Crippen LogP) is 6.65. The van der Waals surface area contributed by atoms with Crippen molar-refractivity contribution in [1.29, 1.82) is 5.26 Å². The van der Waals surface area contributed by atoms with E-state index < -0.39 is 0 Å². The Hall–Kier alpha value is -2.60. The fourth-order valence-electron chi connectivity index (χ4n) is 4.56. The maximum atomic E-state index is 12.0. The molecule has 3 atom stereocenters. The number of rotatable bonds is 9. The largest absolute Gasteiger partial charge is 0.494 e. The van der Waals surface area contributed by atoms with Crippen LogP contribution in [0.25, 0.3) is 0 Å². The molecular formula is C26H31NO2. The van der Waals surface area contributed by atoms with E-state index in [1.54, 1.807) is 0 Å². The lowest BCUT2D eigenvalue weighted by Gasteiger charge is -2.18. The van der Waals surface area contributed by atoms with Crippen LogP contribution in [-0.4, -0.2) is 12.4 Å². The molecule has 2 aromatic rings. The summed E-state index contributed by atoms with van der Waals surface area (Å²) in [6, 6.07) is 18.6. The van der Waals surface area contributed by atoms with Gasteiger partial charge in [0.1, 0.15) is 5.75 Å². The smallest absolute Gasteiger partial charge is 0.163 e. The number of carbonyl (C=O) groups is 1. The average molecular weight is 390 g/mol. The van der Waals surface area contributed by atoms with E-state index >= 15 is 0 Å². The molecule has 1 aliphatic carbocycles. The molecule has 0 radical (unpaired) electrons. The monoisotopic (exact) mass is 389 g/mol. The van der Waals surface area contributed by atoms with Crippen LogP contribution in [0.2, 0.25) is 0 Å². The molecule has 2 aromatic carbocycles. The van der Waals surface area contributed by atoms with E-state index in [9.17, 15) is 4.79 Å². The number of hydrogen-bond donors (Lipinski definition) is 0. The van der Waals surface area contributed by atoms with Crippen LogP contribution in [0.3, 0.4) is 0 Å². The minimum atomic E-state index is 0.0607. The van der Waals surface area contributed by atoms with Crippen LogP contribution in [0.4, 0.5) is 0 Å². The minimum absolute atomic E-state index is 0.0607. The van der Waals surface area contributed by atoms with E-state index in [1.807, 2.05) is 31.2 Å². The molecule has 3 heteroatoms. The molecule has 152 valence electrons. The molecular weight excluding hydrogens is 358 g/mol. The van der Waals surface area contributed by atoms with Crippen LogP contribution in [0, 0.1) is 17.2 Å². The molecule has 0 saturated heterocycles. The highest BCUT2D eigenvalue weighted by atomic mass is 16.5. The summed E-state index contributed by atoms with van der Waals surface area (Å²) >= 11 is 0. The molecule has 3 rings (SSSR count). The van der Waals surface area contributed by atoms with E-state index in [0.717, 1.165) is 17.2 Å². The third kappa shape index (κ3) is 5.70. The average Bonchev–Trinajstić information content (AvgIpc) is 3.21. The number of Topliss-reactive ketones (excluding diaryl/α,β-unsaturated/α-hetero) is 1.